The number of rotatable bonds is 2. The Morgan fingerprint density at radius 3 is 2.50 bits per heavy atom. The predicted molar refractivity (Wildman–Crippen MR) is 101 cm³/mol. The molecule has 140 valence electrons. The lowest BCUT2D eigenvalue weighted by molar-refractivity contribution is -0.139. The van der Waals surface area contributed by atoms with Crippen LogP contribution < -0.4 is 0 Å². The Bertz CT molecular complexity index is 709. The van der Waals surface area contributed by atoms with E-state index < -0.39 is 0 Å². The molecule has 2 amide bonds. The van der Waals surface area contributed by atoms with Crippen LogP contribution >= 0.6 is 0 Å². The minimum Gasteiger partial charge on any atom is -0.345 e. The van der Waals surface area contributed by atoms with E-state index in [2.05, 4.69) is 41.0 Å². The van der Waals surface area contributed by atoms with Crippen molar-refractivity contribution in [1.29, 1.82) is 0 Å². The van der Waals surface area contributed by atoms with Crippen LogP contribution in [0.3, 0.4) is 0 Å². The Labute approximate surface area is 155 Å². The molecule has 0 N–H and O–H groups in total. The lowest BCUT2D eigenvalue weighted by Gasteiger charge is -2.42. The van der Waals surface area contributed by atoms with Crippen LogP contribution in [0.5, 0.6) is 0 Å². The molecule has 5 nitrogen and oxygen atoms in total. The largest absolute Gasteiger partial charge is 0.345 e. The van der Waals surface area contributed by atoms with Gasteiger partial charge in [0.2, 0.25) is 11.8 Å². The fraction of sp³-hybridized carbons (Fsp3) is 0.619. The third-order valence-electron chi connectivity index (χ3n) is 6.70. The number of nitrogens with zero attached hydrogens (tertiary/aromatic N) is 3. The number of fused-ring (bicyclic) bond motifs is 1. The van der Waals surface area contributed by atoms with Gasteiger partial charge in [-0.25, -0.2) is 0 Å². The standard InChI is InChI=1S/C21H29N3O2/c1-3-23-14-17-7-5-4-6-16(17)12-18(23)20(26)24-10-8-21(9-11-24)13-19(25)22(2)15-21/h4-7,18H,3,8-15H2,1-2H3. The molecule has 0 bridgehead atoms. The third-order valence-corrected chi connectivity index (χ3v) is 6.70. The van der Waals surface area contributed by atoms with Crippen LogP contribution in [0.1, 0.15) is 37.3 Å². The van der Waals surface area contributed by atoms with E-state index in [-0.39, 0.29) is 23.3 Å². The number of carbonyl (C=O) groups excluding carboxylic acids is 2. The lowest BCUT2D eigenvalue weighted by Crippen LogP contribution is -2.54. The van der Waals surface area contributed by atoms with E-state index in [1.54, 1.807) is 0 Å². The summed E-state index contributed by atoms with van der Waals surface area (Å²) in [6, 6.07) is 8.45. The highest BCUT2D eigenvalue weighted by Crippen LogP contribution is 2.40. The summed E-state index contributed by atoms with van der Waals surface area (Å²) < 4.78 is 0. The normalized spacial score (nSPS) is 25.6. The number of likely N-dealkylation sites (tertiary alicyclic amines) is 2. The molecule has 0 aromatic heterocycles. The summed E-state index contributed by atoms with van der Waals surface area (Å²) in [7, 11) is 1.90. The zero-order valence-corrected chi connectivity index (χ0v) is 15.9. The maximum absolute atomic E-state index is 13.3. The molecule has 5 heteroatoms. The van der Waals surface area contributed by atoms with Gasteiger partial charge in [-0.2, -0.15) is 0 Å². The number of hydrogen-bond donors (Lipinski definition) is 0. The Hall–Kier alpha value is -1.88. The van der Waals surface area contributed by atoms with Crippen LogP contribution in [0.2, 0.25) is 0 Å². The summed E-state index contributed by atoms with van der Waals surface area (Å²) in [6.45, 7) is 6.32. The SMILES string of the molecule is CCN1Cc2ccccc2CC1C(=O)N1CCC2(CC1)CC(=O)N(C)C2. The van der Waals surface area contributed by atoms with Crippen molar-refractivity contribution in [2.75, 3.05) is 33.2 Å². The zero-order valence-electron chi connectivity index (χ0n) is 15.9. The number of hydrogen-bond acceptors (Lipinski definition) is 3. The monoisotopic (exact) mass is 355 g/mol. The van der Waals surface area contributed by atoms with Crippen molar-refractivity contribution in [1.82, 2.24) is 14.7 Å². The van der Waals surface area contributed by atoms with Crippen molar-refractivity contribution >= 4 is 11.8 Å². The molecule has 4 rings (SSSR count). The molecular formula is C21H29N3O2. The van der Waals surface area contributed by atoms with Crippen molar-refractivity contribution in [3.05, 3.63) is 35.4 Å². The Kier molecular flexibility index (Phi) is 4.51. The van der Waals surface area contributed by atoms with E-state index in [0.29, 0.717) is 6.42 Å². The van der Waals surface area contributed by atoms with Gasteiger partial charge in [0, 0.05) is 45.1 Å². The highest BCUT2D eigenvalue weighted by Gasteiger charge is 2.45. The summed E-state index contributed by atoms with van der Waals surface area (Å²) >= 11 is 0. The van der Waals surface area contributed by atoms with E-state index in [0.717, 1.165) is 52.0 Å². The summed E-state index contributed by atoms with van der Waals surface area (Å²) in [5.74, 6) is 0.528. The molecule has 1 unspecified atom stereocenters. The van der Waals surface area contributed by atoms with Crippen LogP contribution in [0, 0.1) is 5.41 Å². The molecule has 3 aliphatic rings. The van der Waals surface area contributed by atoms with Gasteiger partial charge in [0.15, 0.2) is 0 Å². The summed E-state index contributed by atoms with van der Waals surface area (Å²) in [5, 5.41) is 0. The fourth-order valence-electron chi connectivity index (χ4n) is 5.00. The molecule has 2 saturated heterocycles. The molecule has 1 aromatic rings. The van der Waals surface area contributed by atoms with Gasteiger partial charge in [0.25, 0.3) is 0 Å². The first-order valence-electron chi connectivity index (χ1n) is 9.85. The number of benzene rings is 1. The van der Waals surface area contributed by atoms with Crippen molar-refractivity contribution in [2.45, 2.75) is 45.2 Å². The summed E-state index contributed by atoms with van der Waals surface area (Å²) in [6.07, 6.45) is 3.36. The van der Waals surface area contributed by atoms with Gasteiger partial charge in [-0.3, -0.25) is 14.5 Å². The van der Waals surface area contributed by atoms with Crippen molar-refractivity contribution in [2.24, 2.45) is 5.41 Å². The average molecular weight is 355 g/mol. The topological polar surface area (TPSA) is 43.9 Å². The summed E-state index contributed by atoms with van der Waals surface area (Å²) in [4.78, 5) is 31.4. The number of carbonyl (C=O) groups is 2. The third kappa shape index (κ3) is 3.02. The Morgan fingerprint density at radius 2 is 1.88 bits per heavy atom. The van der Waals surface area contributed by atoms with E-state index in [1.807, 2.05) is 11.9 Å². The zero-order chi connectivity index (χ0) is 18.3. The van der Waals surface area contributed by atoms with Crippen LogP contribution in [-0.2, 0) is 22.6 Å². The van der Waals surface area contributed by atoms with Crippen molar-refractivity contribution < 1.29 is 9.59 Å². The van der Waals surface area contributed by atoms with Crippen LogP contribution in [0.15, 0.2) is 24.3 Å². The van der Waals surface area contributed by atoms with Gasteiger partial charge in [-0.1, -0.05) is 31.2 Å². The van der Waals surface area contributed by atoms with Crippen LogP contribution in [-0.4, -0.2) is 65.8 Å². The molecule has 0 radical (unpaired) electrons. The first-order valence-corrected chi connectivity index (χ1v) is 9.85. The lowest BCUT2D eigenvalue weighted by atomic mass is 9.77. The van der Waals surface area contributed by atoms with Gasteiger partial charge in [0.05, 0.1) is 6.04 Å². The van der Waals surface area contributed by atoms with Crippen LogP contribution in [0.4, 0.5) is 0 Å². The van der Waals surface area contributed by atoms with Gasteiger partial charge in [-0.05, 0) is 36.9 Å². The molecule has 26 heavy (non-hydrogen) atoms. The van der Waals surface area contributed by atoms with E-state index in [4.69, 9.17) is 0 Å². The first kappa shape index (κ1) is 17.5. The second kappa shape index (κ2) is 6.69. The predicted octanol–water partition coefficient (Wildman–Crippen LogP) is 1.90. The smallest absolute Gasteiger partial charge is 0.240 e. The number of likely N-dealkylation sites (N-methyl/N-ethyl adjacent to an activating group) is 1. The van der Waals surface area contributed by atoms with Gasteiger partial charge in [-0.15, -0.1) is 0 Å². The fourth-order valence-corrected chi connectivity index (χ4v) is 5.00. The minimum absolute atomic E-state index is 0.0446. The molecular weight excluding hydrogens is 326 g/mol. The van der Waals surface area contributed by atoms with E-state index in [9.17, 15) is 9.59 Å². The number of piperidine rings is 1. The molecule has 0 saturated carbocycles. The van der Waals surface area contributed by atoms with Crippen LogP contribution in [0.25, 0.3) is 0 Å². The molecule has 1 aromatic carbocycles. The maximum Gasteiger partial charge on any atom is 0.240 e. The van der Waals surface area contributed by atoms with Crippen molar-refractivity contribution in [3.8, 4) is 0 Å². The summed E-state index contributed by atoms with van der Waals surface area (Å²) in [5.41, 5.74) is 2.77. The molecule has 3 aliphatic heterocycles. The highest BCUT2D eigenvalue weighted by molar-refractivity contribution is 5.83. The van der Waals surface area contributed by atoms with E-state index in [1.165, 1.54) is 11.1 Å². The van der Waals surface area contributed by atoms with Crippen molar-refractivity contribution in [3.63, 3.8) is 0 Å². The number of amides is 2. The molecule has 3 heterocycles. The quantitative estimate of drug-likeness (QED) is 0.814. The molecule has 1 atom stereocenters. The maximum atomic E-state index is 13.3. The molecule has 2 fully saturated rings. The Balaban J connectivity index is 1.44. The van der Waals surface area contributed by atoms with Gasteiger partial charge >= 0.3 is 0 Å². The van der Waals surface area contributed by atoms with Gasteiger partial charge in [0.1, 0.15) is 0 Å². The Morgan fingerprint density at radius 1 is 1.19 bits per heavy atom. The first-order chi connectivity index (χ1) is 12.5. The highest BCUT2D eigenvalue weighted by atomic mass is 16.2. The molecule has 1 spiro atoms. The second-order valence-corrected chi connectivity index (χ2v) is 8.30. The minimum atomic E-state index is -0.0446. The second-order valence-electron chi connectivity index (χ2n) is 8.30. The van der Waals surface area contributed by atoms with Gasteiger partial charge < -0.3 is 9.80 Å². The van der Waals surface area contributed by atoms with E-state index >= 15 is 0 Å². The molecule has 0 aliphatic carbocycles. The average Bonchev–Trinajstić information content (AvgIpc) is 2.93.